The van der Waals surface area contributed by atoms with Crippen LogP contribution < -0.4 is 4.74 Å². The Bertz CT molecular complexity index is 692. The van der Waals surface area contributed by atoms with Crippen molar-refractivity contribution >= 4 is 23.3 Å². The van der Waals surface area contributed by atoms with Gasteiger partial charge in [0.15, 0.2) is 17.6 Å². The molecule has 1 aromatic heterocycles. The Morgan fingerprint density at radius 2 is 2.26 bits per heavy atom. The van der Waals surface area contributed by atoms with Crippen molar-refractivity contribution in [2.75, 3.05) is 7.11 Å². The molecule has 1 atom stereocenters. The van der Waals surface area contributed by atoms with Crippen LogP contribution in [-0.4, -0.2) is 13.4 Å². The molecule has 1 heterocycles. The molecule has 0 radical (unpaired) electrons. The molecule has 3 rings (SSSR count). The van der Waals surface area contributed by atoms with Crippen molar-refractivity contribution in [2.24, 2.45) is 0 Å². The van der Waals surface area contributed by atoms with Gasteiger partial charge in [0.25, 0.3) is 0 Å². The third-order valence-corrected chi connectivity index (χ3v) is 3.86. The highest BCUT2D eigenvalue weighted by Gasteiger charge is 2.26. The van der Waals surface area contributed by atoms with Crippen LogP contribution in [0.1, 0.15) is 46.3 Å². The van der Waals surface area contributed by atoms with E-state index in [0.717, 1.165) is 46.1 Å². The summed E-state index contributed by atoms with van der Waals surface area (Å²) in [6, 6.07) is 0. The van der Waals surface area contributed by atoms with E-state index < -0.39 is 0 Å². The minimum Gasteiger partial charge on any atom is -0.492 e. The lowest BCUT2D eigenvalue weighted by atomic mass is 9.83. The zero-order valence-electron chi connectivity index (χ0n) is 11.3. The third-order valence-electron chi connectivity index (χ3n) is 3.86. The first-order chi connectivity index (χ1) is 9.19. The molecule has 1 aliphatic carbocycles. The average Bonchev–Trinajstić information content (AvgIpc) is 2.79. The van der Waals surface area contributed by atoms with E-state index in [9.17, 15) is 4.79 Å². The molecule has 1 aliphatic rings. The van der Waals surface area contributed by atoms with Crippen LogP contribution in [0.4, 0.5) is 0 Å². The molecule has 0 amide bonds. The largest absolute Gasteiger partial charge is 0.492 e. The first-order valence-electron chi connectivity index (χ1n) is 6.42. The number of ether oxygens (including phenoxy) is 1. The van der Waals surface area contributed by atoms with E-state index in [1.54, 1.807) is 13.4 Å². The summed E-state index contributed by atoms with van der Waals surface area (Å²) in [4.78, 5) is 11.6. The number of furan rings is 1. The predicted molar refractivity (Wildman–Crippen MR) is 75.0 cm³/mol. The SMILES string of the molecule is COc1c2c(c(C=O)c3c(C)coc13)C(C)CC=C2. The normalized spacial score (nSPS) is 17.5. The van der Waals surface area contributed by atoms with Gasteiger partial charge < -0.3 is 9.15 Å². The first-order valence-corrected chi connectivity index (χ1v) is 6.42. The Morgan fingerprint density at radius 1 is 1.47 bits per heavy atom. The molecule has 0 aliphatic heterocycles. The Balaban J connectivity index is 2.54. The molecule has 3 nitrogen and oxygen atoms in total. The van der Waals surface area contributed by atoms with Crippen molar-refractivity contribution in [1.82, 2.24) is 0 Å². The highest BCUT2D eigenvalue weighted by molar-refractivity contribution is 6.04. The standard InChI is InChI=1S/C16H16O3/c1-9-5-4-6-11-13(9)12(7-17)14-10(2)8-19-16(14)15(11)18-3/h4,6-9H,5H2,1-3H3. The van der Waals surface area contributed by atoms with E-state index in [1.807, 2.05) is 13.0 Å². The lowest BCUT2D eigenvalue weighted by Crippen LogP contribution is -2.07. The smallest absolute Gasteiger partial charge is 0.177 e. The van der Waals surface area contributed by atoms with E-state index in [4.69, 9.17) is 9.15 Å². The van der Waals surface area contributed by atoms with Crippen LogP contribution in [0, 0.1) is 6.92 Å². The second-order valence-corrected chi connectivity index (χ2v) is 5.05. The van der Waals surface area contributed by atoms with Gasteiger partial charge in [-0.15, -0.1) is 0 Å². The van der Waals surface area contributed by atoms with Crippen LogP contribution in [0.2, 0.25) is 0 Å². The monoisotopic (exact) mass is 256 g/mol. The maximum absolute atomic E-state index is 11.6. The third kappa shape index (κ3) is 1.54. The minimum absolute atomic E-state index is 0.313. The topological polar surface area (TPSA) is 39.4 Å². The van der Waals surface area contributed by atoms with Crippen molar-refractivity contribution in [3.63, 3.8) is 0 Å². The first kappa shape index (κ1) is 12.0. The van der Waals surface area contributed by atoms with E-state index in [2.05, 4.69) is 13.0 Å². The van der Waals surface area contributed by atoms with Crippen LogP contribution in [0.3, 0.4) is 0 Å². The van der Waals surface area contributed by atoms with Crippen LogP contribution in [0.25, 0.3) is 17.0 Å². The molecule has 0 bridgehead atoms. The Labute approximate surface area is 111 Å². The van der Waals surface area contributed by atoms with Gasteiger partial charge in [-0.25, -0.2) is 0 Å². The molecule has 0 saturated carbocycles. The zero-order chi connectivity index (χ0) is 13.6. The number of rotatable bonds is 2. The van der Waals surface area contributed by atoms with Crippen molar-refractivity contribution in [3.05, 3.63) is 34.6 Å². The second kappa shape index (κ2) is 4.26. The molecule has 2 aromatic rings. The highest BCUT2D eigenvalue weighted by Crippen LogP contribution is 2.44. The summed E-state index contributed by atoms with van der Waals surface area (Å²) >= 11 is 0. The molecular formula is C16H16O3. The lowest BCUT2D eigenvalue weighted by molar-refractivity contribution is 0.112. The summed E-state index contributed by atoms with van der Waals surface area (Å²) in [5, 5.41) is 0.882. The van der Waals surface area contributed by atoms with E-state index >= 15 is 0 Å². The van der Waals surface area contributed by atoms with Gasteiger partial charge in [0.2, 0.25) is 0 Å². The maximum Gasteiger partial charge on any atom is 0.177 e. The molecule has 3 heteroatoms. The summed E-state index contributed by atoms with van der Waals surface area (Å²) in [5.41, 5.74) is 4.44. The number of aldehydes is 1. The number of carbonyl (C=O) groups is 1. The van der Waals surface area contributed by atoms with Gasteiger partial charge in [0, 0.05) is 16.5 Å². The Hall–Kier alpha value is -2.03. The number of hydrogen-bond donors (Lipinski definition) is 0. The molecule has 1 unspecified atom stereocenters. The van der Waals surface area contributed by atoms with Gasteiger partial charge in [-0.1, -0.05) is 19.1 Å². The van der Waals surface area contributed by atoms with Crippen LogP contribution in [-0.2, 0) is 0 Å². The molecular weight excluding hydrogens is 240 g/mol. The van der Waals surface area contributed by atoms with E-state index in [-0.39, 0.29) is 0 Å². The number of carbonyl (C=O) groups excluding carboxylic acids is 1. The number of methoxy groups -OCH3 is 1. The van der Waals surface area contributed by atoms with Crippen molar-refractivity contribution in [3.8, 4) is 5.75 Å². The van der Waals surface area contributed by atoms with Gasteiger partial charge in [0.1, 0.15) is 0 Å². The summed E-state index contributed by atoms with van der Waals surface area (Å²) in [7, 11) is 1.64. The second-order valence-electron chi connectivity index (χ2n) is 5.05. The summed E-state index contributed by atoms with van der Waals surface area (Å²) in [5.74, 6) is 1.04. The molecule has 1 aromatic carbocycles. The van der Waals surface area contributed by atoms with Crippen LogP contribution >= 0.6 is 0 Å². The predicted octanol–water partition coefficient (Wildman–Crippen LogP) is 4.08. The minimum atomic E-state index is 0.313. The molecule has 0 fully saturated rings. The fourth-order valence-corrected chi connectivity index (χ4v) is 3.00. The summed E-state index contributed by atoms with van der Waals surface area (Å²) in [6.07, 6.45) is 7.71. The van der Waals surface area contributed by atoms with Gasteiger partial charge in [-0.05, 0) is 30.4 Å². The Kier molecular flexibility index (Phi) is 2.70. The fraction of sp³-hybridized carbons (Fsp3) is 0.312. The fourth-order valence-electron chi connectivity index (χ4n) is 3.00. The molecule has 98 valence electrons. The molecule has 19 heavy (non-hydrogen) atoms. The van der Waals surface area contributed by atoms with Gasteiger partial charge in [-0.3, -0.25) is 4.79 Å². The summed E-state index contributed by atoms with van der Waals surface area (Å²) < 4.78 is 11.1. The number of benzene rings is 1. The molecule has 0 saturated heterocycles. The highest BCUT2D eigenvalue weighted by atomic mass is 16.5. The zero-order valence-corrected chi connectivity index (χ0v) is 11.3. The van der Waals surface area contributed by atoms with Crippen molar-refractivity contribution < 1.29 is 13.9 Å². The summed E-state index contributed by atoms with van der Waals surface area (Å²) in [6.45, 7) is 4.09. The lowest BCUT2D eigenvalue weighted by Gasteiger charge is -2.22. The number of aryl methyl sites for hydroxylation is 1. The van der Waals surface area contributed by atoms with E-state index in [1.165, 1.54) is 0 Å². The molecule has 0 spiro atoms. The van der Waals surface area contributed by atoms with Crippen LogP contribution in [0.5, 0.6) is 5.75 Å². The number of hydrogen-bond acceptors (Lipinski definition) is 3. The maximum atomic E-state index is 11.6. The number of allylic oxidation sites excluding steroid dienone is 1. The quantitative estimate of drug-likeness (QED) is 0.760. The van der Waals surface area contributed by atoms with E-state index in [0.29, 0.717) is 11.5 Å². The van der Waals surface area contributed by atoms with Crippen LogP contribution in [0.15, 0.2) is 16.8 Å². The van der Waals surface area contributed by atoms with Crippen molar-refractivity contribution in [1.29, 1.82) is 0 Å². The average molecular weight is 256 g/mol. The van der Waals surface area contributed by atoms with Gasteiger partial charge in [-0.2, -0.15) is 0 Å². The van der Waals surface area contributed by atoms with Gasteiger partial charge in [0.05, 0.1) is 13.4 Å². The van der Waals surface area contributed by atoms with Gasteiger partial charge >= 0.3 is 0 Å². The Morgan fingerprint density at radius 3 is 2.95 bits per heavy atom. The van der Waals surface area contributed by atoms with Crippen molar-refractivity contribution in [2.45, 2.75) is 26.2 Å². The molecule has 0 N–H and O–H groups in total. The number of fused-ring (bicyclic) bond motifs is 2.